The van der Waals surface area contributed by atoms with Crippen LogP contribution in [0.5, 0.6) is 0 Å². The molecule has 0 saturated heterocycles. The molecule has 1 heterocycles. The molecule has 0 bridgehead atoms. The fourth-order valence-corrected chi connectivity index (χ4v) is 2.60. The van der Waals surface area contributed by atoms with E-state index in [1.807, 2.05) is 19.1 Å². The summed E-state index contributed by atoms with van der Waals surface area (Å²) in [5, 5.41) is 10.9. The Labute approximate surface area is 149 Å². The number of rotatable bonds is 5. The van der Waals surface area contributed by atoms with Crippen molar-refractivity contribution in [2.24, 2.45) is 0 Å². The topological polar surface area (TPSA) is 90.2 Å². The van der Waals surface area contributed by atoms with Gasteiger partial charge in [0.2, 0.25) is 0 Å². The third-order valence-electron chi connectivity index (χ3n) is 3.97. The van der Waals surface area contributed by atoms with Gasteiger partial charge in [-0.15, -0.1) is 0 Å². The molecule has 0 aliphatic carbocycles. The number of aromatic nitrogens is 1. The third-order valence-corrected chi connectivity index (χ3v) is 3.97. The molecule has 0 unspecified atom stereocenters. The predicted molar refractivity (Wildman–Crippen MR) is 95.4 cm³/mol. The van der Waals surface area contributed by atoms with Crippen molar-refractivity contribution in [2.75, 3.05) is 0 Å². The molecule has 0 aliphatic rings. The van der Waals surface area contributed by atoms with E-state index in [1.54, 1.807) is 12.1 Å². The Kier molecular flexibility index (Phi) is 4.66. The van der Waals surface area contributed by atoms with Crippen LogP contribution in [0.25, 0.3) is 0 Å². The average Bonchev–Trinajstić information content (AvgIpc) is 2.67. The van der Waals surface area contributed by atoms with Crippen LogP contribution in [-0.2, 0) is 0 Å². The monoisotopic (exact) mass is 346 g/mol. The number of carbonyl (C=O) groups is 2. The van der Waals surface area contributed by atoms with Crippen LogP contribution in [0.2, 0.25) is 0 Å². The first-order chi connectivity index (χ1) is 12.5. The minimum absolute atomic E-state index is 0.168. The summed E-state index contributed by atoms with van der Waals surface area (Å²) in [4.78, 5) is 39.6. The number of non-ortho nitro benzene ring substituents is 1. The van der Waals surface area contributed by atoms with E-state index in [2.05, 4.69) is 4.98 Å². The number of pyridine rings is 1. The number of benzene rings is 2. The van der Waals surface area contributed by atoms with Crippen molar-refractivity contribution in [2.45, 2.75) is 6.92 Å². The van der Waals surface area contributed by atoms with E-state index in [-0.39, 0.29) is 28.2 Å². The van der Waals surface area contributed by atoms with Gasteiger partial charge in [0, 0.05) is 46.8 Å². The smallest absolute Gasteiger partial charge is 0.270 e. The molecule has 2 aromatic carbocycles. The summed E-state index contributed by atoms with van der Waals surface area (Å²) >= 11 is 0. The first-order valence-electron chi connectivity index (χ1n) is 7.82. The molecule has 6 heteroatoms. The fraction of sp³-hybridized carbons (Fsp3) is 0.0500. The first kappa shape index (κ1) is 17.2. The van der Waals surface area contributed by atoms with Crippen LogP contribution in [0.1, 0.15) is 37.4 Å². The minimum atomic E-state index is -0.562. The van der Waals surface area contributed by atoms with Gasteiger partial charge in [-0.25, -0.2) is 0 Å². The Hall–Kier alpha value is -3.67. The van der Waals surface area contributed by atoms with Crippen molar-refractivity contribution in [3.8, 4) is 0 Å². The fourth-order valence-electron chi connectivity index (χ4n) is 2.60. The summed E-state index contributed by atoms with van der Waals surface area (Å²) in [6.07, 6.45) is 2.74. The normalized spacial score (nSPS) is 10.3. The average molecular weight is 346 g/mol. The van der Waals surface area contributed by atoms with Crippen molar-refractivity contribution in [1.82, 2.24) is 4.98 Å². The van der Waals surface area contributed by atoms with Crippen LogP contribution in [0, 0.1) is 17.0 Å². The lowest BCUT2D eigenvalue weighted by atomic mass is 9.97. The predicted octanol–water partition coefficient (Wildman–Crippen LogP) is 3.76. The molecule has 6 nitrogen and oxygen atoms in total. The molecular formula is C20H14N2O4. The van der Waals surface area contributed by atoms with Crippen LogP contribution >= 0.6 is 0 Å². The Morgan fingerprint density at radius 3 is 2.27 bits per heavy atom. The molecule has 0 amide bonds. The summed E-state index contributed by atoms with van der Waals surface area (Å²) in [6, 6.07) is 14.1. The molecule has 0 fully saturated rings. The Morgan fingerprint density at radius 2 is 1.58 bits per heavy atom. The van der Waals surface area contributed by atoms with Gasteiger partial charge >= 0.3 is 0 Å². The lowest BCUT2D eigenvalue weighted by Gasteiger charge is -2.06. The number of ketones is 2. The first-order valence-corrected chi connectivity index (χ1v) is 7.82. The quantitative estimate of drug-likeness (QED) is 0.398. The summed E-state index contributed by atoms with van der Waals surface area (Å²) < 4.78 is 0. The highest BCUT2D eigenvalue weighted by molar-refractivity contribution is 6.13. The Bertz CT molecular complexity index is 1030. The molecule has 0 radical (unpaired) electrons. The highest BCUT2D eigenvalue weighted by Crippen LogP contribution is 2.18. The molecule has 1 aromatic heterocycles. The molecule has 0 spiro atoms. The van der Waals surface area contributed by atoms with Gasteiger partial charge in [-0.3, -0.25) is 24.7 Å². The molecule has 3 rings (SSSR count). The summed E-state index contributed by atoms with van der Waals surface area (Å²) in [5.74, 6) is -0.662. The van der Waals surface area contributed by atoms with E-state index < -0.39 is 10.7 Å². The summed E-state index contributed by atoms with van der Waals surface area (Å²) in [5.41, 5.74) is 1.85. The van der Waals surface area contributed by atoms with Gasteiger partial charge in [-0.1, -0.05) is 36.4 Å². The number of nitro groups is 1. The van der Waals surface area contributed by atoms with Gasteiger partial charge in [0.25, 0.3) is 5.69 Å². The molecule has 0 aliphatic heterocycles. The zero-order valence-corrected chi connectivity index (χ0v) is 13.9. The maximum absolute atomic E-state index is 12.7. The minimum Gasteiger partial charge on any atom is -0.289 e. The lowest BCUT2D eigenvalue weighted by Crippen LogP contribution is -2.08. The second-order valence-electron chi connectivity index (χ2n) is 5.74. The summed E-state index contributed by atoms with van der Waals surface area (Å²) in [6.45, 7) is 1.83. The number of hydrogen-bond donors (Lipinski definition) is 0. The number of carbonyl (C=O) groups excluding carboxylic acids is 2. The van der Waals surface area contributed by atoms with Gasteiger partial charge in [-0.2, -0.15) is 0 Å². The van der Waals surface area contributed by atoms with Crippen molar-refractivity contribution in [1.29, 1.82) is 0 Å². The lowest BCUT2D eigenvalue weighted by molar-refractivity contribution is -0.384. The highest BCUT2D eigenvalue weighted by atomic mass is 16.6. The van der Waals surface area contributed by atoms with Crippen LogP contribution < -0.4 is 0 Å². The zero-order valence-electron chi connectivity index (χ0n) is 13.9. The van der Waals surface area contributed by atoms with Crippen molar-refractivity contribution in [3.63, 3.8) is 0 Å². The second-order valence-corrected chi connectivity index (χ2v) is 5.74. The number of aryl methyl sites for hydroxylation is 1. The molecular weight excluding hydrogens is 332 g/mol. The van der Waals surface area contributed by atoms with Crippen molar-refractivity contribution < 1.29 is 14.5 Å². The summed E-state index contributed by atoms with van der Waals surface area (Å²) in [7, 11) is 0. The molecule has 26 heavy (non-hydrogen) atoms. The van der Waals surface area contributed by atoms with E-state index in [0.29, 0.717) is 5.56 Å². The van der Waals surface area contributed by atoms with E-state index in [9.17, 15) is 19.7 Å². The van der Waals surface area contributed by atoms with Crippen molar-refractivity contribution in [3.05, 3.63) is 105 Å². The van der Waals surface area contributed by atoms with Gasteiger partial charge in [0.05, 0.1) is 4.92 Å². The van der Waals surface area contributed by atoms with Gasteiger partial charge in [-0.05, 0) is 18.6 Å². The molecule has 128 valence electrons. The third kappa shape index (κ3) is 3.39. The Morgan fingerprint density at radius 1 is 0.885 bits per heavy atom. The van der Waals surface area contributed by atoms with Gasteiger partial charge < -0.3 is 0 Å². The standard InChI is InChI=1S/C20H14N2O4/c1-13-5-2-3-8-18(13)20(24)16-9-15(11-21-12-16)19(23)14-6-4-7-17(10-14)22(25)26/h2-12H,1H3. The number of nitro benzene ring substituents is 1. The highest BCUT2D eigenvalue weighted by Gasteiger charge is 2.17. The van der Waals surface area contributed by atoms with Crippen molar-refractivity contribution >= 4 is 17.3 Å². The van der Waals surface area contributed by atoms with Crippen LogP contribution in [0.4, 0.5) is 5.69 Å². The molecule has 3 aromatic rings. The largest absolute Gasteiger partial charge is 0.289 e. The maximum Gasteiger partial charge on any atom is 0.270 e. The maximum atomic E-state index is 12.7. The molecule has 0 atom stereocenters. The Balaban J connectivity index is 1.96. The van der Waals surface area contributed by atoms with Gasteiger partial charge in [0.1, 0.15) is 0 Å². The van der Waals surface area contributed by atoms with E-state index >= 15 is 0 Å². The van der Waals surface area contributed by atoms with E-state index in [0.717, 1.165) is 5.56 Å². The molecule has 0 saturated carbocycles. The van der Waals surface area contributed by atoms with Crippen LogP contribution in [-0.4, -0.2) is 21.5 Å². The second kappa shape index (κ2) is 7.06. The SMILES string of the molecule is Cc1ccccc1C(=O)c1cncc(C(=O)c2cccc([N+](=O)[O-])c2)c1. The number of hydrogen-bond acceptors (Lipinski definition) is 5. The van der Waals surface area contributed by atoms with Crippen LogP contribution in [0.3, 0.4) is 0 Å². The van der Waals surface area contributed by atoms with Gasteiger partial charge in [0.15, 0.2) is 11.6 Å². The number of nitrogens with zero attached hydrogens (tertiary/aromatic N) is 2. The van der Waals surface area contributed by atoms with E-state index in [1.165, 1.54) is 42.7 Å². The zero-order chi connectivity index (χ0) is 18.7. The van der Waals surface area contributed by atoms with Crippen LogP contribution in [0.15, 0.2) is 67.0 Å². The van der Waals surface area contributed by atoms with E-state index in [4.69, 9.17) is 0 Å². The molecule has 0 N–H and O–H groups in total.